The van der Waals surface area contributed by atoms with E-state index in [1.165, 1.54) is 5.56 Å². The van der Waals surface area contributed by atoms with Crippen molar-refractivity contribution in [3.8, 4) is 0 Å². The van der Waals surface area contributed by atoms with Crippen LogP contribution in [0.25, 0.3) is 0 Å². The van der Waals surface area contributed by atoms with E-state index in [1.54, 1.807) is 0 Å². The molecular formula is C23H33Cl2N5O2. The zero-order valence-corrected chi connectivity index (χ0v) is 19.8. The van der Waals surface area contributed by atoms with Crippen LogP contribution in [0.5, 0.6) is 0 Å². The molecule has 2 atom stereocenters. The number of halogens is 2. The van der Waals surface area contributed by atoms with Crippen LogP contribution in [0.15, 0.2) is 42.7 Å². The fourth-order valence-electron chi connectivity index (χ4n) is 3.78. The molecular weight excluding hydrogens is 449 g/mol. The van der Waals surface area contributed by atoms with Gasteiger partial charge in [0.1, 0.15) is 0 Å². The lowest BCUT2D eigenvalue weighted by Gasteiger charge is -2.32. The Balaban J connectivity index is 0.000000182. The highest BCUT2D eigenvalue weighted by molar-refractivity contribution is 6.42. The fraction of sp³-hybridized carbons (Fsp3) is 0.522. The summed E-state index contributed by atoms with van der Waals surface area (Å²) in [6.07, 6.45) is 4.00. The van der Waals surface area contributed by atoms with Crippen molar-refractivity contribution in [2.75, 3.05) is 52.5 Å². The van der Waals surface area contributed by atoms with Crippen LogP contribution in [0.2, 0.25) is 10.0 Å². The summed E-state index contributed by atoms with van der Waals surface area (Å²) >= 11 is 11.9. The van der Waals surface area contributed by atoms with E-state index in [0.717, 1.165) is 58.0 Å². The molecule has 2 fully saturated rings. The average molecular weight is 482 g/mol. The van der Waals surface area contributed by atoms with E-state index < -0.39 is 0 Å². The van der Waals surface area contributed by atoms with Gasteiger partial charge in [0.25, 0.3) is 0 Å². The Bertz CT molecular complexity index is 814. The molecule has 176 valence electrons. The third-order valence-corrected chi connectivity index (χ3v) is 6.26. The second kappa shape index (κ2) is 13.4. The van der Waals surface area contributed by atoms with E-state index in [1.807, 2.05) is 42.7 Å². The Morgan fingerprint density at radius 1 is 0.812 bits per heavy atom. The molecule has 7 nitrogen and oxygen atoms in total. The summed E-state index contributed by atoms with van der Waals surface area (Å²) in [5, 5.41) is 1.20. The molecule has 2 aromatic rings. The normalized spacial score (nSPS) is 22.2. The number of pyridine rings is 1. The first kappa shape index (κ1) is 25.3. The Morgan fingerprint density at radius 2 is 1.38 bits per heavy atom. The van der Waals surface area contributed by atoms with Gasteiger partial charge in [-0.1, -0.05) is 29.3 Å². The zero-order chi connectivity index (χ0) is 22.8. The Labute approximate surface area is 200 Å². The second-order valence-corrected chi connectivity index (χ2v) is 8.85. The number of hydrogen-bond acceptors (Lipinski definition) is 7. The van der Waals surface area contributed by atoms with Crippen LogP contribution >= 0.6 is 23.2 Å². The maximum absolute atomic E-state index is 5.99. The summed E-state index contributed by atoms with van der Waals surface area (Å²) in [6.45, 7) is 8.23. The monoisotopic (exact) mass is 481 g/mol. The summed E-state index contributed by atoms with van der Waals surface area (Å²) in [5.74, 6) is 0. The highest BCUT2D eigenvalue weighted by Crippen LogP contribution is 2.23. The van der Waals surface area contributed by atoms with Crippen LogP contribution < -0.4 is 11.5 Å². The number of aromatic nitrogens is 1. The number of hydrogen-bond donors (Lipinski definition) is 2. The van der Waals surface area contributed by atoms with Gasteiger partial charge in [0, 0.05) is 64.8 Å². The van der Waals surface area contributed by atoms with Crippen molar-refractivity contribution in [3.63, 3.8) is 0 Å². The summed E-state index contributed by atoms with van der Waals surface area (Å²) in [4.78, 5) is 8.70. The summed E-state index contributed by atoms with van der Waals surface area (Å²) in [6, 6.07) is 9.85. The van der Waals surface area contributed by atoms with Crippen molar-refractivity contribution in [1.29, 1.82) is 0 Å². The lowest BCUT2D eigenvalue weighted by molar-refractivity contribution is -0.0261. The van der Waals surface area contributed by atoms with E-state index in [9.17, 15) is 0 Å². The predicted molar refractivity (Wildman–Crippen MR) is 129 cm³/mol. The summed E-state index contributed by atoms with van der Waals surface area (Å²) in [5.41, 5.74) is 13.7. The van der Waals surface area contributed by atoms with Gasteiger partial charge in [-0.15, -0.1) is 0 Å². The molecule has 0 saturated carbocycles. The van der Waals surface area contributed by atoms with E-state index in [0.29, 0.717) is 23.1 Å². The van der Waals surface area contributed by atoms with Crippen molar-refractivity contribution in [3.05, 3.63) is 63.9 Å². The van der Waals surface area contributed by atoms with Crippen molar-refractivity contribution in [2.24, 2.45) is 11.5 Å². The van der Waals surface area contributed by atoms with Gasteiger partial charge in [-0.2, -0.15) is 0 Å². The Morgan fingerprint density at radius 3 is 1.91 bits per heavy atom. The maximum Gasteiger partial charge on any atom is 0.0824 e. The van der Waals surface area contributed by atoms with Crippen LogP contribution in [0, 0.1) is 0 Å². The number of ether oxygens (including phenoxy) is 2. The average Bonchev–Trinajstić information content (AvgIpc) is 2.83. The van der Waals surface area contributed by atoms with Gasteiger partial charge in [0.05, 0.1) is 35.5 Å². The lowest BCUT2D eigenvalue weighted by atomic mass is 10.2. The maximum atomic E-state index is 5.99. The van der Waals surface area contributed by atoms with E-state index in [-0.39, 0.29) is 12.2 Å². The molecule has 2 unspecified atom stereocenters. The van der Waals surface area contributed by atoms with Crippen LogP contribution in [-0.2, 0) is 22.6 Å². The molecule has 2 saturated heterocycles. The van der Waals surface area contributed by atoms with Crippen molar-refractivity contribution < 1.29 is 9.47 Å². The minimum atomic E-state index is 0.145. The smallest absolute Gasteiger partial charge is 0.0824 e. The molecule has 2 aliphatic heterocycles. The highest BCUT2D eigenvalue weighted by atomic mass is 35.5. The molecule has 4 rings (SSSR count). The molecule has 0 spiro atoms. The van der Waals surface area contributed by atoms with E-state index in [2.05, 4.69) is 14.8 Å². The highest BCUT2D eigenvalue weighted by Gasteiger charge is 2.20. The molecule has 0 amide bonds. The van der Waals surface area contributed by atoms with Gasteiger partial charge in [-0.25, -0.2) is 0 Å². The Hall–Kier alpha value is -1.29. The third kappa shape index (κ3) is 8.24. The minimum absolute atomic E-state index is 0.145. The summed E-state index contributed by atoms with van der Waals surface area (Å²) < 4.78 is 11.0. The van der Waals surface area contributed by atoms with Crippen LogP contribution in [0.3, 0.4) is 0 Å². The SMILES string of the molecule is NCC1CN(Cc2ccc(Cl)c(Cl)c2)CCO1.NCC1CN(Cc2ccncc2)CCO1. The van der Waals surface area contributed by atoms with Crippen LogP contribution in [0.1, 0.15) is 11.1 Å². The first-order valence-corrected chi connectivity index (χ1v) is 11.7. The van der Waals surface area contributed by atoms with Crippen molar-refractivity contribution in [2.45, 2.75) is 25.3 Å². The van der Waals surface area contributed by atoms with Gasteiger partial charge in [0.2, 0.25) is 0 Å². The minimum Gasteiger partial charge on any atom is -0.374 e. The number of morpholine rings is 2. The van der Waals surface area contributed by atoms with Gasteiger partial charge >= 0.3 is 0 Å². The molecule has 0 radical (unpaired) electrons. The molecule has 1 aromatic heterocycles. The molecule has 0 aliphatic carbocycles. The van der Waals surface area contributed by atoms with Crippen molar-refractivity contribution >= 4 is 23.2 Å². The largest absolute Gasteiger partial charge is 0.374 e. The lowest BCUT2D eigenvalue weighted by Crippen LogP contribution is -2.45. The van der Waals surface area contributed by atoms with Crippen LogP contribution in [0.4, 0.5) is 0 Å². The molecule has 32 heavy (non-hydrogen) atoms. The molecule has 1 aromatic carbocycles. The number of nitrogens with two attached hydrogens (primary N) is 2. The number of benzene rings is 1. The fourth-order valence-corrected chi connectivity index (χ4v) is 4.10. The van der Waals surface area contributed by atoms with Crippen LogP contribution in [-0.4, -0.2) is 79.5 Å². The predicted octanol–water partition coefficient (Wildman–Crippen LogP) is 2.39. The van der Waals surface area contributed by atoms with Gasteiger partial charge in [-0.05, 0) is 35.4 Å². The zero-order valence-electron chi connectivity index (χ0n) is 18.3. The van der Waals surface area contributed by atoms with Gasteiger partial charge < -0.3 is 20.9 Å². The standard InChI is InChI=1S/C12H16Cl2N2O.C11H17N3O/c13-11-2-1-9(5-12(11)14)7-16-3-4-17-10(6-15)8-16;12-7-11-9-14(5-6-15-11)8-10-1-3-13-4-2-10/h1-2,5,10H,3-4,6-8,15H2;1-4,11H,5-9,12H2. The number of nitrogens with zero attached hydrogens (tertiary/aromatic N) is 3. The molecule has 0 bridgehead atoms. The number of rotatable bonds is 6. The second-order valence-electron chi connectivity index (χ2n) is 8.03. The molecule has 4 N–H and O–H groups in total. The summed E-state index contributed by atoms with van der Waals surface area (Å²) in [7, 11) is 0. The molecule has 9 heteroatoms. The first-order valence-electron chi connectivity index (χ1n) is 11.0. The quantitative estimate of drug-likeness (QED) is 0.654. The molecule has 3 heterocycles. The first-order chi connectivity index (χ1) is 15.6. The topological polar surface area (TPSA) is 89.9 Å². The molecule has 2 aliphatic rings. The van der Waals surface area contributed by atoms with Crippen molar-refractivity contribution in [1.82, 2.24) is 14.8 Å². The van der Waals surface area contributed by atoms with Gasteiger partial charge in [0.15, 0.2) is 0 Å². The van der Waals surface area contributed by atoms with Gasteiger partial charge in [-0.3, -0.25) is 14.8 Å². The Kier molecular flexibility index (Phi) is 10.6. The third-order valence-electron chi connectivity index (χ3n) is 5.52. The van der Waals surface area contributed by atoms with E-state index in [4.69, 9.17) is 44.1 Å². The van der Waals surface area contributed by atoms with E-state index >= 15 is 0 Å².